The van der Waals surface area contributed by atoms with Crippen LogP contribution in [0.3, 0.4) is 0 Å². The van der Waals surface area contributed by atoms with Crippen LogP contribution in [0.5, 0.6) is 5.75 Å². The predicted octanol–water partition coefficient (Wildman–Crippen LogP) is 2.17. The van der Waals surface area contributed by atoms with E-state index in [1.807, 2.05) is 0 Å². The Labute approximate surface area is 147 Å². The van der Waals surface area contributed by atoms with Crippen LogP contribution in [-0.4, -0.2) is 49.7 Å². The maximum Gasteiger partial charge on any atom is 0.272 e. The number of hydrogen-bond acceptors (Lipinski definition) is 5. The van der Waals surface area contributed by atoms with E-state index < -0.39 is 15.1 Å². The molecule has 3 rings (SSSR count). The zero-order valence-electron chi connectivity index (χ0n) is 14.0. The highest BCUT2D eigenvalue weighted by molar-refractivity contribution is 7.92. The number of benzene rings is 1. The van der Waals surface area contributed by atoms with E-state index in [1.165, 1.54) is 7.11 Å². The Kier molecular flexibility index (Phi) is 5.03. The summed E-state index contributed by atoms with van der Waals surface area (Å²) in [5, 5.41) is -0.478. The summed E-state index contributed by atoms with van der Waals surface area (Å²) in [6.07, 6.45) is 2.42. The number of sulfone groups is 1. The third-order valence-corrected chi connectivity index (χ3v) is 6.72. The number of hydrogen-bond donors (Lipinski definition) is 0. The van der Waals surface area contributed by atoms with Crippen molar-refractivity contribution in [2.24, 2.45) is 0 Å². The van der Waals surface area contributed by atoms with Crippen LogP contribution in [0, 0.1) is 0 Å². The van der Waals surface area contributed by atoms with E-state index in [4.69, 9.17) is 4.74 Å². The topological polar surface area (TPSA) is 76.6 Å². The minimum Gasteiger partial charge on any atom is -0.497 e. The van der Waals surface area contributed by atoms with E-state index in [0.717, 1.165) is 0 Å². The van der Waals surface area contributed by atoms with Gasteiger partial charge in [0.05, 0.1) is 17.3 Å². The van der Waals surface area contributed by atoms with E-state index in [0.29, 0.717) is 42.3 Å². The molecule has 1 aromatic heterocycles. The number of rotatable bonds is 4. The van der Waals surface area contributed by atoms with Crippen LogP contribution in [0.25, 0.3) is 0 Å². The van der Waals surface area contributed by atoms with Gasteiger partial charge in [0.1, 0.15) is 11.4 Å². The van der Waals surface area contributed by atoms with Crippen LogP contribution < -0.4 is 4.74 Å². The van der Waals surface area contributed by atoms with E-state index in [2.05, 4.69) is 4.98 Å². The molecule has 0 radical (unpaired) electrons. The van der Waals surface area contributed by atoms with Crippen molar-refractivity contribution in [2.45, 2.75) is 23.0 Å². The summed E-state index contributed by atoms with van der Waals surface area (Å²) in [7, 11) is -1.87. The lowest BCUT2D eigenvalue weighted by atomic mass is 10.1. The van der Waals surface area contributed by atoms with Gasteiger partial charge in [-0.1, -0.05) is 6.07 Å². The normalized spacial score (nSPS) is 15.8. The van der Waals surface area contributed by atoms with Crippen LogP contribution in [0.15, 0.2) is 53.6 Å². The fraction of sp³-hybridized carbons (Fsp3) is 0.333. The van der Waals surface area contributed by atoms with Crippen molar-refractivity contribution in [1.29, 1.82) is 0 Å². The molecular formula is C18H20N2O4S. The molecule has 7 heteroatoms. The molecule has 1 fully saturated rings. The van der Waals surface area contributed by atoms with Crippen LogP contribution in [0.4, 0.5) is 0 Å². The molecule has 132 valence electrons. The number of nitrogens with zero attached hydrogens (tertiary/aromatic N) is 2. The lowest BCUT2D eigenvalue weighted by molar-refractivity contribution is 0.0719. The third-order valence-electron chi connectivity index (χ3n) is 4.44. The Balaban J connectivity index is 1.67. The van der Waals surface area contributed by atoms with E-state index in [1.54, 1.807) is 53.6 Å². The fourth-order valence-electron chi connectivity index (χ4n) is 2.98. The van der Waals surface area contributed by atoms with Gasteiger partial charge in [0.2, 0.25) is 0 Å². The molecule has 0 saturated carbocycles. The highest BCUT2D eigenvalue weighted by atomic mass is 32.2. The molecule has 1 amide bonds. The maximum atomic E-state index is 12.8. The summed E-state index contributed by atoms with van der Waals surface area (Å²) in [5.74, 6) is 0.468. The first-order valence-corrected chi connectivity index (χ1v) is 9.65. The number of carbonyl (C=O) groups is 1. The molecular weight excluding hydrogens is 340 g/mol. The molecule has 25 heavy (non-hydrogen) atoms. The molecule has 0 bridgehead atoms. The molecule has 0 atom stereocenters. The smallest absolute Gasteiger partial charge is 0.272 e. The number of piperidine rings is 1. The van der Waals surface area contributed by atoms with Gasteiger partial charge in [0.25, 0.3) is 5.91 Å². The predicted molar refractivity (Wildman–Crippen MR) is 93.3 cm³/mol. The number of likely N-dealkylation sites (tertiary alicyclic amines) is 1. The Hall–Kier alpha value is -2.41. The van der Waals surface area contributed by atoms with Gasteiger partial charge in [-0.05, 0) is 49.2 Å². The quantitative estimate of drug-likeness (QED) is 0.835. The lowest BCUT2D eigenvalue weighted by Gasteiger charge is -2.31. The Morgan fingerprint density at radius 3 is 2.36 bits per heavy atom. The second-order valence-electron chi connectivity index (χ2n) is 5.93. The van der Waals surface area contributed by atoms with E-state index in [-0.39, 0.29) is 5.91 Å². The molecule has 1 aliphatic heterocycles. The number of amides is 1. The zero-order valence-corrected chi connectivity index (χ0v) is 14.8. The summed E-state index contributed by atoms with van der Waals surface area (Å²) in [6.45, 7) is 0.824. The van der Waals surface area contributed by atoms with Crippen molar-refractivity contribution < 1.29 is 17.9 Å². The third kappa shape index (κ3) is 3.66. The second kappa shape index (κ2) is 7.23. The fourth-order valence-corrected chi connectivity index (χ4v) is 4.71. The molecule has 0 aliphatic carbocycles. The molecule has 1 aliphatic rings. The van der Waals surface area contributed by atoms with E-state index in [9.17, 15) is 13.2 Å². The molecule has 1 saturated heterocycles. The minimum absolute atomic E-state index is 0.152. The van der Waals surface area contributed by atoms with Crippen molar-refractivity contribution >= 4 is 15.7 Å². The van der Waals surface area contributed by atoms with Crippen molar-refractivity contribution in [2.75, 3.05) is 20.2 Å². The van der Waals surface area contributed by atoms with Gasteiger partial charge in [-0.15, -0.1) is 0 Å². The van der Waals surface area contributed by atoms with Gasteiger partial charge < -0.3 is 9.64 Å². The van der Waals surface area contributed by atoms with Crippen molar-refractivity contribution in [3.63, 3.8) is 0 Å². The summed E-state index contributed by atoms with van der Waals surface area (Å²) >= 11 is 0. The summed E-state index contributed by atoms with van der Waals surface area (Å²) in [4.78, 5) is 18.4. The number of pyridine rings is 1. The summed E-state index contributed by atoms with van der Waals surface area (Å²) < 4.78 is 30.6. The number of ether oxygens (including phenoxy) is 1. The largest absolute Gasteiger partial charge is 0.497 e. The second-order valence-corrected chi connectivity index (χ2v) is 8.16. The number of carbonyl (C=O) groups excluding carboxylic acids is 1. The molecule has 0 spiro atoms. The SMILES string of the molecule is COc1ccc(S(=O)(=O)C2CCN(C(=O)c3ccccn3)CC2)cc1. The van der Waals surface area contributed by atoms with Gasteiger partial charge in [0, 0.05) is 19.3 Å². The van der Waals surface area contributed by atoms with Crippen LogP contribution in [-0.2, 0) is 9.84 Å². The minimum atomic E-state index is -3.41. The molecule has 0 unspecified atom stereocenters. The van der Waals surface area contributed by atoms with Gasteiger partial charge in [0.15, 0.2) is 9.84 Å². The Bertz CT molecular complexity index is 827. The standard InChI is InChI=1S/C18H20N2O4S/c1-24-14-5-7-15(8-6-14)25(22,23)16-9-12-20(13-10-16)18(21)17-4-2-3-11-19-17/h2-8,11,16H,9-10,12-13H2,1H3. The van der Waals surface area contributed by atoms with Gasteiger partial charge >= 0.3 is 0 Å². The molecule has 0 N–H and O–H groups in total. The first-order chi connectivity index (χ1) is 12.0. The maximum absolute atomic E-state index is 12.8. The van der Waals surface area contributed by atoms with Crippen LogP contribution >= 0.6 is 0 Å². The Morgan fingerprint density at radius 2 is 1.80 bits per heavy atom. The van der Waals surface area contributed by atoms with Gasteiger partial charge in [-0.2, -0.15) is 0 Å². The zero-order chi connectivity index (χ0) is 17.9. The molecule has 6 nitrogen and oxygen atoms in total. The van der Waals surface area contributed by atoms with Crippen LogP contribution in [0.2, 0.25) is 0 Å². The highest BCUT2D eigenvalue weighted by Gasteiger charge is 2.33. The van der Waals surface area contributed by atoms with Crippen molar-refractivity contribution in [3.8, 4) is 5.75 Å². The Morgan fingerprint density at radius 1 is 1.12 bits per heavy atom. The number of aromatic nitrogens is 1. The monoisotopic (exact) mass is 360 g/mol. The molecule has 2 heterocycles. The lowest BCUT2D eigenvalue weighted by Crippen LogP contribution is -2.42. The average Bonchev–Trinajstić information content (AvgIpc) is 2.68. The van der Waals surface area contributed by atoms with Gasteiger partial charge in [-0.25, -0.2) is 8.42 Å². The van der Waals surface area contributed by atoms with Gasteiger partial charge in [-0.3, -0.25) is 9.78 Å². The average molecular weight is 360 g/mol. The highest BCUT2D eigenvalue weighted by Crippen LogP contribution is 2.26. The van der Waals surface area contributed by atoms with Crippen LogP contribution in [0.1, 0.15) is 23.3 Å². The molecule has 1 aromatic carbocycles. The summed E-state index contributed by atoms with van der Waals surface area (Å²) in [5.41, 5.74) is 0.388. The first kappa shape index (κ1) is 17.4. The molecule has 2 aromatic rings. The van der Waals surface area contributed by atoms with Crippen molar-refractivity contribution in [3.05, 3.63) is 54.4 Å². The first-order valence-electron chi connectivity index (χ1n) is 8.10. The van der Waals surface area contributed by atoms with Crippen molar-refractivity contribution in [1.82, 2.24) is 9.88 Å². The number of methoxy groups -OCH3 is 1. The summed E-state index contributed by atoms with van der Waals surface area (Å²) in [6, 6.07) is 11.6. The van der Waals surface area contributed by atoms with E-state index >= 15 is 0 Å².